The second-order valence-electron chi connectivity index (χ2n) is 16.0. The zero-order valence-corrected chi connectivity index (χ0v) is 32.0. The maximum atomic E-state index is 6.92. The van der Waals surface area contributed by atoms with Gasteiger partial charge in [-0.05, 0) is 77.7 Å². The van der Waals surface area contributed by atoms with Gasteiger partial charge in [0.1, 0.15) is 23.0 Å². The molecule has 52 heavy (non-hydrogen) atoms. The van der Waals surface area contributed by atoms with Crippen LogP contribution in [-0.4, -0.2) is 16.7 Å². The van der Waals surface area contributed by atoms with Crippen molar-refractivity contribution in [3.8, 4) is 45.5 Å². The lowest BCUT2D eigenvalue weighted by molar-refractivity contribution is 0.483. The predicted molar refractivity (Wildman–Crippen MR) is 219 cm³/mol. The van der Waals surface area contributed by atoms with E-state index in [4.69, 9.17) is 19.4 Å². The third-order valence-corrected chi connectivity index (χ3v) is 11.4. The molecule has 4 aromatic carbocycles. The molecule has 0 aliphatic carbocycles. The van der Waals surface area contributed by atoms with Crippen LogP contribution in [0.2, 0.25) is 0 Å². The quantitative estimate of drug-likeness (QED) is 0.168. The van der Waals surface area contributed by atoms with Crippen molar-refractivity contribution >= 4 is 43.8 Å². The second kappa shape index (κ2) is 12.8. The van der Waals surface area contributed by atoms with Crippen LogP contribution in [0.3, 0.4) is 0 Å². The van der Waals surface area contributed by atoms with Gasteiger partial charge in [0.05, 0.1) is 16.1 Å². The molecule has 0 bridgehead atoms. The van der Waals surface area contributed by atoms with E-state index in [1.807, 2.05) is 41.8 Å². The zero-order chi connectivity index (χ0) is 36.4. The first-order chi connectivity index (χ1) is 24.9. The molecular weight excluding hydrogens is 655 g/mol. The third kappa shape index (κ3) is 6.09. The lowest BCUT2D eigenvalue weighted by atomic mass is 9.37. The number of nitrogens with zero attached hydrogens (tertiary/aromatic N) is 2. The van der Waals surface area contributed by atoms with Crippen LogP contribution >= 0.6 is 11.3 Å². The van der Waals surface area contributed by atoms with E-state index in [9.17, 15) is 0 Å². The maximum absolute atomic E-state index is 6.92. The summed E-state index contributed by atoms with van der Waals surface area (Å²) in [4.78, 5) is 9.96. The molecule has 6 heteroatoms. The van der Waals surface area contributed by atoms with Gasteiger partial charge in [0.2, 0.25) is 0 Å². The molecule has 0 unspecified atom stereocenters. The summed E-state index contributed by atoms with van der Waals surface area (Å²) in [5.41, 5.74) is 11.3. The Balaban J connectivity index is 1.23. The molecule has 0 spiro atoms. The fraction of sp³-hybridized carbons (Fsp3) is 0.217. The van der Waals surface area contributed by atoms with Crippen molar-refractivity contribution < 1.29 is 9.47 Å². The molecule has 1 aliphatic rings. The van der Waals surface area contributed by atoms with Crippen LogP contribution in [0.25, 0.3) is 32.6 Å². The van der Waals surface area contributed by atoms with Crippen molar-refractivity contribution in [2.75, 3.05) is 0 Å². The Morgan fingerprint density at radius 1 is 0.673 bits per heavy atom. The van der Waals surface area contributed by atoms with Crippen molar-refractivity contribution in [3.63, 3.8) is 0 Å². The van der Waals surface area contributed by atoms with Crippen LogP contribution in [0.15, 0.2) is 116 Å². The van der Waals surface area contributed by atoms with Crippen molar-refractivity contribution in [2.45, 2.75) is 66.2 Å². The Labute approximate surface area is 311 Å². The van der Waals surface area contributed by atoms with Gasteiger partial charge in [0.15, 0.2) is 0 Å². The highest BCUT2D eigenvalue weighted by Crippen LogP contribution is 2.45. The second-order valence-corrected chi connectivity index (χ2v) is 17.0. The standard InChI is InChI=1S/C46H43BN2O2S/c1-28-14-11-15-29(2)40(28)47-36-20-9-10-21-38(36)51-42-39-35(46(6,7)8)27-49-41(43(39)52-44(42)47)31-17-13-19-34(25-31)50-33-18-12-16-30(24-33)37-23-22-32(26-48-37)45(3,4)5/h9-27H,1-8H3. The van der Waals surface area contributed by atoms with E-state index in [1.165, 1.54) is 38.0 Å². The largest absolute Gasteiger partial charge is 0.457 e. The summed E-state index contributed by atoms with van der Waals surface area (Å²) in [6.45, 7) is 17.9. The minimum absolute atomic E-state index is 0.0527. The number of aromatic nitrogens is 2. The first-order valence-electron chi connectivity index (χ1n) is 18.0. The number of fused-ring (bicyclic) bond motifs is 4. The van der Waals surface area contributed by atoms with Crippen LogP contribution in [0.1, 0.15) is 63.8 Å². The highest BCUT2D eigenvalue weighted by molar-refractivity contribution is 7.33. The van der Waals surface area contributed by atoms with Crippen LogP contribution in [0.5, 0.6) is 23.0 Å². The van der Waals surface area contributed by atoms with E-state index >= 15 is 0 Å². The van der Waals surface area contributed by atoms with Gasteiger partial charge >= 0.3 is 0 Å². The van der Waals surface area contributed by atoms with E-state index < -0.39 is 0 Å². The summed E-state index contributed by atoms with van der Waals surface area (Å²) < 4.78 is 15.8. The summed E-state index contributed by atoms with van der Waals surface area (Å²) in [5.74, 6) is 3.37. The summed E-state index contributed by atoms with van der Waals surface area (Å²) in [7, 11) is 0. The average molecular weight is 699 g/mol. The molecule has 1 aliphatic heterocycles. The van der Waals surface area contributed by atoms with Gasteiger partial charge in [-0.3, -0.25) is 9.97 Å². The van der Waals surface area contributed by atoms with Crippen molar-refractivity contribution in [2.24, 2.45) is 0 Å². The minimum atomic E-state index is -0.148. The van der Waals surface area contributed by atoms with Gasteiger partial charge in [-0.15, -0.1) is 11.3 Å². The molecule has 0 radical (unpaired) electrons. The molecule has 7 aromatic rings. The first kappa shape index (κ1) is 33.9. The van der Waals surface area contributed by atoms with Crippen molar-refractivity contribution in [3.05, 3.63) is 138 Å². The molecule has 0 amide bonds. The van der Waals surface area contributed by atoms with E-state index in [0.29, 0.717) is 0 Å². The lowest BCUT2D eigenvalue weighted by Crippen LogP contribution is -2.55. The zero-order valence-electron chi connectivity index (χ0n) is 31.2. The Kier molecular flexibility index (Phi) is 8.34. The van der Waals surface area contributed by atoms with Crippen LogP contribution < -0.4 is 25.2 Å². The highest BCUT2D eigenvalue weighted by Gasteiger charge is 2.39. The highest BCUT2D eigenvalue weighted by atomic mass is 32.1. The number of aryl methyl sites for hydroxylation is 2. The number of para-hydroxylation sites is 1. The molecule has 0 N–H and O–H groups in total. The summed E-state index contributed by atoms with van der Waals surface area (Å²) in [6.07, 6.45) is 4.03. The topological polar surface area (TPSA) is 44.2 Å². The molecule has 0 saturated carbocycles. The monoisotopic (exact) mass is 698 g/mol. The van der Waals surface area contributed by atoms with Crippen molar-refractivity contribution in [1.29, 1.82) is 0 Å². The fourth-order valence-corrected chi connectivity index (χ4v) is 8.76. The van der Waals surface area contributed by atoms with Crippen LogP contribution in [-0.2, 0) is 10.8 Å². The molecule has 4 heterocycles. The van der Waals surface area contributed by atoms with Gasteiger partial charge in [-0.25, -0.2) is 0 Å². The maximum Gasteiger partial charge on any atom is 0.264 e. The number of benzene rings is 4. The van der Waals surface area contributed by atoms with E-state index in [1.54, 1.807) is 0 Å². The third-order valence-electron chi connectivity index (χ3n) is 10.1. The first-order valence-corrected chi connectivity index (χ1v) is 18.8. The summed E-state index contributed by atoms with van der Waals surface area (Å²) >= 11 is 1.81. The SMILES string of the molecule is Cc1cccc(C)c1B1c2ccccc2Oc2c1sc1c(-c3cccc(Oc4cccc(-c5ccc(C(C)(C)C)cn5)c4)c3)ncc(C(C)(C)C)c21. The Hall–Kier alpha value is -5.20. The van der Waals surface area contributed by atoms with Gasteiger partial charge in [0.25, 0.3) is 6.71 Å². The normalized spacial score (nSPS) is 12.7. The van der Waals surface area contributed by atoms with Crippen LogP contribution in [0.4, 0.5) is 0 Å². The van der Waals surface area contributed by atoms with Gasteiger partial charge in [0, 0.05) is 33.7 Å². The number of hydrogen-bond donors (Lipinski definition) is 0. The lowest BCUT2D eigenvalue weighted by Gasteiger charge is -2.27. The minimum Gasteiger partial charge on any atom is -0.457 e. The van der Waals surface area contributed by atoms with E-state index in [0.717, 1.165) is 55.6 Å². The van der Waals surface area contributed by atoms with E-state index in [-0.39, 0.29) is 17.5 Å². The summed E-state index contributed by atoms with van der Waals surface area (Å²) in [6, 6.07) is 35.8. The van der Waals surface area contributed by atoms with Gasteiger partial charge < -0.3 is 9.47 Å². The van der Waals surface area contributed by atoms with Crippen molar-refractivity contribution in [1.82, 2.24) is 9.97 Å². The molecule has 3 aromatic heterocycles. The Morgan fingerprint density at radius 2 is 1.35 bits per heavy atom. The van der Waals surface area contributed by atoms with Gasteiger partial charge in [-0.1, -0.05) is 125 Å². The predicted octanol–water partition coefficient (Wildman–Crippen LogP) is 10.7. The molecule has 4 nitrogen and oxygen atoms in total. The number of thiophene rings is 1. The molecule has 258 valence electrons. The Morgan fingerprint density at radius 3 is 2.02 bits per heavy atom. The van der Waals surface area contributed by atoms with Gasteiger partial charge in [-0.2, -0.15) is 0 Å². The molecule has 8 rings (SSSR count). The van der Waals surface area contributed by atoms with E-state index in [2.05, 4.69) is 140 Å². The molecule has 0 atom stereocenters. The average Bonchev–Trinajstić information content (AvgIpc) is 3.49. The fourth-order valence-electron chi connectivity index (χ4n) is 7.37. The number of rotatable bonds is 5. The van der Waals surface area contributed by atoms with Crippen LogP contribution in [0, 0.1) is 13.8 Å². The number of pyridine rings is 2. The Bertz CT molecular complexity index is 2450. The molecular formula is C46H43BN2O2S. The number of ether oxygens (including phenoxy) is 2. The summed E-state index contributed by atoms with van der Waals surface area (Å²) in [5, 5.41) is 1.15. The number of hydrogen-bond acceptors (Lipinski definition) is 5. The molecule has 0 saturated heterocycles. The smallest absolute Gasteiger partial charge is 0.264 e. The molecule has 0 fully saturated rings.